The zero-order valence-electron chi connectivity index (χ0n) is 14.5. The highest BCUT2D eigenvalue weighted by Gasteiger charge is 2.29. The Hall–Kier alpha value is -1.87. The Balaban J connectivity index is 1.90. The summed E-state index contributed by atoms with van der Waals surface area (Å²) in [6, 6.07) is 13.4. The molecule has 2 unspecified atom stereocenters. The van der Waals surface area contributed by atoms with E-state index in [1.807, 2.05) is 13.1 Å². The number of benzene rings is 2. The van der Waals surface area contributed by atoms with Crippen molar-refractivity contribution in [1.29, 1.82) is 0 Å². The molecule has 2 nitrogen and oxygen atoms in total. The van der Waals surface area contributed by atoms with Crippen LogP contribution in [0, 0.1) is 11.7 Å². The monoisotopic (exact) mass is 327 g/mol. The number of fused-ring (bicyclic) bond motifs is 1. The van der Waals surface area contributed by atoms with E-state index in [0.717, 1.165) is 30.7 Å². The van der Waals surface area contributed by atoms with Crippen LogP contribution < -0.4 is 10.1 Å². The number of ether oxygens (including phenoxy) is 1. The summed E-state index contributed by atoms with van der Waals surface area (Å²) in [6.07, 6.45) is 4.34. The van der Waals surface area contributed by atoms with E-state index in [4.69, 9.17) is 4.74 Å². The van der Waals surface area contributed by atoms with Crippen molar-refractivity contribution in [3.63, 3.8) is 0 Å². The lowest BCUT2D eigenvalue weighted by molar-refractivity contribution is 0.355. The van der Waals surface area contributed by atoms with E-state index in [1.54, 1.807) is 19.2 Å². The maximum Gasteiger partial charge on any atom is 0.123 e. The summed E-state index contributed by atoms with van der Waals surface area (Å²) in [5.74, 6) is 1.79. The number of halogens is 1. The molecular formula is C21H26FNO. The van der Waals surface area contributed by atoms with Crippen LogP contribution in [0.3, 0.4) is 0 Å². The van der Waals surface area contributed by atoms with Crippen LogP contribution in [0.1, 0.15) is 35.4 Å². The van der Waals surface area contributed by atoms with Crippen molar-refractivity contribution in [3.8, 4) is 5.75 Å². The molecule has 1 aliphatic carbocycles. The van der Waals surface area contributed by atoms with E-state index in [0.29, 0.717) is 11.8 Å². The number of hydrogen-bond donors (Lipinski definition) is 1. The van der Waals surface area contributed by atoms with Crippen molar-refractivity contribution in [2.45, 2.75) is 31.6 Å². The van der Waals surface area contributed by atoms with Crippen LogP contribution in [0.4, 0.5) is 4.39 Å². The van der Waals surface area contributed by atoms with Crippen LogP contribution in [-0.4, -0.2) is 20.7 Å². The second-order valence-corrected chi connectivity index (χ2v) is 6.68. The first kappa shape index (κ1) is 17.0. The Morgan fingerprint density at radius 1 is 1.25 bits per heavy atom. The normalized spacial score (nSPS) is 18.0. The van der Waals surface area contributed by atoms with Gasteiger partial charge in [0, 0.05) is 0 Å². The van der Waals surface area contributed by atoms with Crippen molar-refractivity contribution < 1.29 is 9.13 Å². The fourth-order valence-electron chi connectivity index (χ4n) is 4.12. The Morgan fingerprint density at radius 3 is 2.83 bits per heavy atom. The summed E-state index contributed by atoms with van der Waals surface area (Å²) < 4.78 is 19.1. The van der Waals surface area contributed by atoms with E-state index < -0.39 is 0 Å². The fourth-order valence-corrected chi connectivity index (χ4v) is 4.12. The van der Waals surface area contributed by atoms with Gasteiger partial charge in [0.15, 0.2) is 0 Å². The minimum absolute atomic E-state index is 0.151. The lowest BCUT2D eigenvalue weighted by atomic mass is 9.73. The Labute approximate surface area is 144 Å². The highest BCUT2D eigenvalue weighted by Crippen LogP contribution is 2.41. The fraction of sp³-hybridized carbons (Fsp3) is 0.429. The SMILES string of the molecule is CNCC(Cc1cccc(F)c1)C1CCCc2c(OC)cccc21. The molecular weight excluding hydrogens is 301 g/mol. The molecule has 2 aromatic rings. The quantitative estimate of drug-likeness (QED) is 0.852. The molecule has 3 heteroatoms. The van der Waals surface area contributed by atoms with Crippen LogP contribution in [0.15, 0.2) is 42.5 Å². The number of methoxy groups -OCH3 is 1. The predicted molar refractivity (Wildman–Crippen MR) is 96.2 cm³/mol. The molecule has 0 radical (unpaired) electrons. The van der Waals surface area contributed by atoms with Crippen LogP contribution in [0.5, 0.6) is 5.75 Å². The smallest absolute Gasteiger partial charge is 0.123 e. The highest BCUT2D eigenvalue weighted by atomic mass is 19.1. The number of hydrogen-bond acceptors (Lipinski definition) is 2. The number of rotatable bonds is 6. The molecule has 0 saturated carbocycles. The molecule has 0 aromatic heterocycles. The summed E-state index contributed by atoms with van der Waals surface area (Å²) in [5.41, 5.74) is 3.85. The van der Waals surface area contributed by atoms with Gasteiger partial charge in [-0.2, -0.15) is 0 Å². The summed E-state index contributed by atoms with van der Waals surface area (Å²) in [7, 11) is 3.74. The minimum Gasteiger partial charge on any atom is -0.496 e. The van der Waals surface area contributed by atoms with Crippen LogP contribution in [-0.2, 0) is 12.8 Å². The summed E-state index contributed by atoms with van der Waals surface area (Å²) in [6.45, 7) is 0.928. The van der Waals surface area contributed by atoms with Crippen LogP contribution >= 0.6 is 0 Å². The molecule has 24 heavy (non-hydrogen) atoms. The average Bonchev–Trinajstić information content (AvgIpc) is 2.60. The molecule has 0 aliphatic heterocycles. The van der Waals surface area contributed by atoms with Gasteiger partial charge in [-0.15, -0.1) is 0 Å². The largest absolute Gasteiger partial charge is 0.496 e. The molecule has 2 atom stereocenters. The topological polar surface area (TPSA) is 21.3 Å². The first-order valence-corrected chi connectivity index (χ1v) is 8.77. The van der Waals surface area contributed by atoms with E-state index in [1.165, 1.54) is 30.0 Å². The van der Waals surface area contributed by atoms with E-state index in [-0.39, 0.29) is 5.82 Å². The molecule has 1 N–H and O–H groups in total. The van der Waals surface area contributed by atoms with Gasteiger partial charge in [-0.1, -0.05) is 24.3 Å². The summed E-state index contributed by atoms with van der Waals surface area (Å²) >= 11 is 0. The number of nitrogens with one attached hydrogen (secondary N) is 1. The van der Waals surface area contributed by atoms with Crippen LogP contribution in [0.2, 0.25) is 0 Å². The third-order valence-corrected chi connectivity index (χ3v) is 5.15. The van der Waals surface area contributed by atoms with Gasteiger partial charge < -0.3 is 10.1 Å². The third-order valence-electron chi connectivity index (χ3n) is 5.15. The zero-order chi connectivity index (χ0) is 16.9. The van der Waals surface area contributed by atoms with Gasteiger partial charge in [0.2, 0.25) is 0 Å². The molecule has 0 fully saturated rings. The molecule has 0 amide bonds. The van der Waals surface area contributed by atoms with Gasteiger partial charge in [-0.3, -0.25) is 0 Å². The van der Waals surface area contributed by atoms with Crippen molar-refractivity contribution in [1.82, 2.24) is 5.32 Å². The molecule has 0 heterocycles. The highest BCUT2D eigenvalue weighted by molar-refractivity contribution is 5.44. The molecule has 0 bridgehead atoms. The second kappa shape index (κ2) is 7.80. The average molecular weight is 327 g/mol. The molecule has 0 spiro atoms. The minimum atomic E-state index is -0.151. The molecule has 3 rings (SSSR count). The first-order valence-electron chi connectivity index (χ1n) is 8.77. The van der Waals surface area contributed by atoms with Crippen molar-refractivity contribution in [2.75, 3.05) is 20.7 Å². The first-order chi connectivity index (χ1) is 11.7. The molecule has 0 saturated heterocycles. The molecule has 2 aromatic carbocycles. The summed E-state index contributed by atoms with van der Waals surface area (Å²) in [5, 5.41) is 3.33. The van der Waals surface area contributed by atoms with Crippen molar-refractivity contribution in [2.24, 2.45) is 5.92 Å². The standard InChI is InChI=1S/C21H26FNO/c1-23-14-16(12-15-6-3-7-17(22)13-15)18-8-4-10-20-19(18)9-5-11-21(20)24-2/h3,5-7,9,11,13,16,18,23H,4,8,10,12,14H2,1-2H3. The van der Waals surface area contributed by atoms with Gasteiger partial charge in [-0.25, -0.2) is 4.39 Å². The predicted octanol–water partition coefficient (Wildman–Crippen LogP) is 4.33. The van der Waals surface area contributed by atoms with Crippen LogP contribution in [0.25, 0.3) is 0 Å². The van der Waals surface area contributed by atoms with E-state index in [9.17, 15) is 4.39 Å². The molecule has 1 aliphatic rings. The Kier molecular flexibility index (Phi) is 5.52. The third kappa shape index (κ3) is 3.62. The Bertz CT molecular complexity index is 685. The lowest BCUT2D eigenvalue weighted by Gasteiger charge is -2.33. The zero-order valence-corrected chi connectivity index (χ0v) is 14.5. The van der Waals surface area contributed by atoms with Crippen molar-refractivity contribution in [3.05, 3.63) is 65.0 Å². The van der Waals surface area contributed by atoms with E-state index in [2.05, 4.69) is 23.5 Å². The van der Waals surface area contributed by atoms with Gasteiger partial charge in [0.1, 0.15) is 11.6 Å². The van der Waals surface area contributed by atoms with Gasteiger partial charge in [0.05, 0.1) is 7.11 Å². The van der Waals surface area contributed by atoms with Gasteiger partial charge in [-0.05, 0) is 86.0 Å². The Morgan fingerprint density at radius 2 is 2.08 bits per heavy atom. The van der Waals surface area contributed by atoms with Gasteiger partial charge in [0.25, 0.3) is 0 Å². The van der Waals surface area contributed by atoms with Crippen molar-refractivity contribution >= 4 is 0 Å². The maximum atomic E-state index is 13.6. The van der Waals surface area contributed by atoms with Gasteiger partial charge >= 0.3 is 0 Å². The molecule has 128 valence electrons. The lowest BCUT2D eigenvalue weighted by Crippen LogP contribution is -2.29. The maximum absolute atomic E-state index is 13.6. The summed E-state index contributed by atoms with van der Waals surface area (Å²) in [4.78, 5) is 0. The second-order valence-electron chi connectivity index (χ2n) is 6.68. The van der Waals surface area contributed by atoms with E-state index >= 15 is 0 Å².